The fourth-order valence-electron chi connectivity index (χ4n) is 5.03. The minimum Gasteiger partial charge on any atom is -0.494 e. The molecule has 1 unspecified atom stereocenters. The molecule has 1 aliphatic carbocycles. The Balaban J connectivity index is 1.44. The highest BCUT2D eigenvalue weighted by Gasteiger charge is 2.39. The van der Waals surface area contributed by atoms with Gasteiger partial charge in [-0.1, -0.05) is 41.9 Å². The van der Waals surface area contributed by atoms with Crippen LogP contribution in [-0.2, 0) is 24.3 Å². The molecule has 1 aliphatic rings. The van der Waals surface area contributed by atoms with Gasteiger partial charge in [0.2, 0.25) is 0 Å². The Morgan fingerprint density at radius 2 is 1.74 bits per heavy atom. The second kappa shape index (κ2) is 10.8. The van der Waals surface area contributed by atoms with Gasteiger partial charge in [-0.15, -0.1) is 0 Å². The largest absolute Gasteiger partial charge is 0.494 e. The average molecular weight is 497 g/mol. The molecule has 3 N–H and O–H groups in total. The monoisotopic (exact) mass is 496 g/mol. The highest BCUT2D eigenvalue weighted by molar-refractivity contribution is 6.30. The van der Waals surface area contributed by atoms with E-state index in [1.54, 1.807) is 0 Å². The zero-order chi connectivity index (χ0) is 25.1. The predicted molar refractivity (Wildman–Crippen MR) is 137 cm³/mol. The van der Waals surface area contributed by atoms with Gasteiger partial charge in [0.05, 0.1) is 5.92 Å². The molecule has 1 aromatic heterocycles. The fourth-order valence-corrected chi connectivity index (χ4v) is 5.15. The first-order valence-electron chi connectivity index (χ1n) is 12.1. The highest BCUT2D eigenvalue weighted by Crippen LogP contribution is 2.38. The van der Waals surface area contributed by atoms with Crippen LogP contribution in [0, 0.1) is 12.8 Å². The first-order valence-corrected chi connectivity index (χ1v) is 12.5. The van der Waals surface area contributed by atoms with Gasteiger partial charge in [0.1, 0.15) is 0 Å². The minimum atomic E-state index is -0.706. The van der Waals surface area contributed by atoms with Crippen molar-refractivity contribution in [1.29, 1.82) is 0 Å². The molecule has 7 heteroatoms. The van der Waals surface area contributed by atoms with Gasteiger partial charge in [-0.3, -0.25) is 14.3 Å². The Morgan fingerprint density at radius 1 is 1.09 bits per heavy atom. The van der Waals surface area contributed by atoms with Crippen molar-refractivity contribution in [2.24, 2.45) is 5.92 Å². The highest BCUT2D eigenvalue weighted by atomic mass is 35.5. The number of aromatic nitrogens is 1. The molecule has 0 aliphatic heterocycles. The lowest BCUT2D eigenvalue weighted by Crippen LogP contribution is -2.47. The summed E-state index contributed by atoms with van der Waals surface area (Å²) in [6.07, 6.45) is 2.98. The van der Waals surface area contributed by atoms with Crippen molar-refractivity contribution in [3.8, 4) is 11.8 Å². The molecule has 186 valence electrons. The Labute approximate surface area is 211 Å². The van der Waals surface area contributed by atoms with Gasteiger partial charge < -0.3 is 15.3 Å². The number of aryl methyl sites for hydroxylation is 2. The zero-order valence-electron chi connectivity index (χ0n) is 20.2. The van der Waals surface area contributed by atoms with E-state index < -0.39 is 5.97 Å². The molecule has 0 bridgehead atoms. The average Bonchev–Trinajstić information content (AvgIpc) is 3.10. The summed E-state index contributed by atoms with van der Waals surface area (Å²) in [6.45, 7) is 5.57. The van der Waals surface area contributed by atoms with E-state index in [0.29, 0.717) is 24.4 Å². The molecule has 2 aromatic carbocycles. The maximum Gasteiger partial charge on any atom is 0.306 e. The summed E-state index contributed by atoms with van der Waals surface area (Å²) in [6, 6.07) is 17.8. The van der Waals surface area contributed by atoms with Crippen LogP contribution in [0.5, 0.6) is 11.8 Å². The summed E-state index contributed by atoms with van der Waals surface area (Å²) < 4.78 is 1.50. The minimum absolute atomic E-state index is 0.0746. The van der Waals surface area contributed by atoms with Gasteiger partial charge in [0.15, 0.2) is 11.8 Å². The maximum absolute atomic E-state index is 11.4. The molecule has 0 spiro atoms. The Hall–Kier alpha value is -2.96. The zero-order valence-corrected chi connectivity index (χ0v) is 20.9. The fraction of sp³-hybridized carbons (Fsp3) is 0.393. The molecule has 3 aromatic rings. The van der Waals surface area contributed by atoms with Crippen LogP contribution in [0.1, 0.15) is 54.5 Å². The quantitative estimate of drug-likeness (QED) is 0.324. The van der Waals surface area contributed by atoms with Gasteiger partial charge >= 0.3 is 5.97 Å². The Kier molecular flexibility index (Phi) is 7.72. The third kappa shape index (κ3) is 5.82. The molecule has 35 heavy (non-hydrogen) atoms. The normalized spacial score (nSPS) is 18.4. The number of carbonyl (C=O) groups is 1. The number of carboxylic acid groups (broad SMARTS) is 1. The third-order valence-corrected chi connectivity index (χ3v) is 7.57. The topological polar surface area (TPSA) is 85.9 Å². The van der Waals surface area contributed by atoms with E-state index in [1.165, 1.54) is 33.4 Å². The molecule has 1 saturated carbocycles. The molecule has 6 nitrogen and oxygen atoms in total. The summed E-state index contributed by atoms with van der Waals surface area (Å²) in [5.74, 6) is -0.818. The van der Waals surface area contributed by atoms with Gasteiger partial charge in [0, 0.05) is 42.3 Å². The molecule has 0 saturated heterocycles. The predicted octanol–water partition coefficient (Wildman–Crippen LogP) is 5.92. The van der Waals surface area contributed by atoms with E-state index in [-0.39, 0.29) is 29.8 Å². The van der Waals surface area contributed by atoms with Crippen molar-refractivity contribution in [2.45, 2.75) is 64.7 Å². The van der Waals surface area contributed by atoms with Crippen molar-refractivity contribution in [2.75, 3.05) is 0 Å². The second-order valence-corrected chi connectivity index (χ2v) is 10.1. The number of rotatable bonds is 10. The van der Waals surface area contributed by atoms with Crippen LogP contribution in [0.25, 0.3) is 0 Å². The van der Waals surface area contributed by atoms with Crippen LogP contribution in [-0.4, -0.2) is 36.8 Å². The summed E-state index contributed by atoms with van der Waals surface area (Å²) >= 11 is 6.09. The number of aromatic hydroxyl groups is 2. The van der Waals surface area contributed by atoms with Crippen molar-refractivity contribution < 1.29 is 20.1 Å². The lowest BCUT2D eigenvalue weighted by atomic mass is 9.78. The van der Waals surface area contributed by atoms with Gasteiger partial charge in [-0.05, 0) is 73.9 Å². The number of nitrogens with zero attached hydrogens (tertiary/aromatic N) is 2. The Bertz CT molecular complexity index is 1150. The van der Waals surface area contributed by atoms with Crippen LogP contribution in [0.2, 0.25) is 5.02 Å². The number of hydrogen-bond acceptors (Lipinski definition) is 4. The van der Waals surface area contributed by atoms with Crippen molar-refractivity contribution in [3.05, 3.63) is 81.9 Å². The van der Waals surface area contributed by atoms with E-state index in [9.17, 15) is 20.1 Å². The Morgan fingerprint density at radius 3 is 2.34 bits per heavy atom. The number of aliphatic carboxylic acids is 1. The van der Waals surface area contributed by atoms with Crippen LogP contribution >= 0.6 is 11.6 Å². The lowest BCUT2D eigenvalue weighted by molar-refractivity contribution is -0.147. The van der Waals surface area contributed by atoms with E-state index >= 15 is 0 Å². The second-order valence-electron chi connectivity index (χ2n) is 9.63. The van der Waals surface area contributed by atoms with Crippen molar-refractivity contribution in [1.82, 2.24) is 9.47 Å². The van der Waals surface area contributed by atoms with E-state index in [0.717, 1.165) is 24.9 Å². The molecule has 0 radical (unpaired) electrons. The lowest BCUT2D eigenvalue weighted by Gasteiger charge is -2.44. The summed E-state index contributed by atoms with van der Waals surface area (Å²) in [5.41, 5.74) is 4.82. The SMILES string of the molecule is Cc1cc(CN(C2CC(C(=O)O)C2)C(C)c2ccc(Cl)cc2)ccc1CCCn1c(O)ccc1O. The molecular formula is C28H33ClN2O4. The van der Waals surface area contributed by atoms with Crippen LogP contribution in [0.4, 0.5) is 0 Å². The molecule has 1 heterocycles. The summed E-state index contributed by atoms with van der Waals surface area (Å²) in [7, 11) is 0. The van der Waals surface area contributed by atoms with Crippen molar-refractivity contribution in [3.63, 3.8) is 0 Å². The summed E-state index contributed by atoms with van der Waals surface area (Å²) in [4.78, 5) is 13.8. The van der Waals surface area contributed by atoms with E-state index in [4.69, 9.17) is 11.6 Å². The molecule has 1 fully saturated rings. The van der Waals surface area contributed by atoms with Crippen LogP contribution < -0.4 is 0 Å². The van der Waals surface area contributed by atoms with Gasteiger partial charge in [-0.2, -0.15) is 0 Å². The van der Waals surface area contributed by atoms with Crippen molar-refractivity contribution >= 4 is 17.6 Å². The van der Waals surface area contributed by atoms with E-state index in [1.807, 2.05) is 24.3 Å². The molecule has 4 rings (SSSR count). The third-order valence-electron chi connectivity index (χ3n) is 7.32. The number of carboxylic acids is 1. The number of hydrogen-bond donors (Lipinski definition) is 3. The van der Waals surface area contributed by atoms with E-state index in [2.05, 4.69) is 36.9 Å². The van der Waals surface area contributed by atoms with Crippen LogP contribution in [0.3, 0.4) is 0 Å². The standard InChI is InChI=1S/C28H33ClN2O4/c1-18-14-20(5-6-21(18)4-3-13-30-26(32)11-12-27(30)33)17-31(25-15-23(16-25)28(34)35)19(2)22-7-9-24(29)10-8-22/h5-12,14,19,23,25,32-33H,3-4,13,15-17H2,1-2H3,(H,34,35). The first kappa shape index (κ1) is 25.1. The number of benzene rings is 2. The van der Waals surface area contributed by atoms with Gasteiger partial charge in [0.25, 0.3) is 0 Å². The molecular weight excluding hydrogens is 464 g/mol. The number of halogens is 1. The first-order chi connectivity index (χ1) is 16.7. The smallest absolute Gasteiger partial charge is 0.306 e. The molecule has 0 amide bonds. The summed E-state index contributed by atoms with van der Waals surface area (Å²) in [5, 5.41) is 29.7. The van der Waals surface area contributed by atoms with Gasteiger partial charge in [-0.25, -0.2) is 0 Å². The maximum atomic E-state index is 11.4. The molecule has 1 atom stereocenters. The van der Waals surface area contributed by atoms with Crippen LogP contribution in [0.15, 0.2) is 54.6 Å².